The highest BCUT2D eigenvalue weighted by Gasteiger charge is 2.63. The van der Waals surface area contributed by atoms with Crippen LogP contribution in [0.1, 0.15) is 80.1 Å². The van der Waals surface area contributed by atoms with Gasteiger partial charge in [-0.3, -0.25) is 4.79 Å². The van der Waals surface area contributed by atoms with Crippen molar-refractivity contribution in [2.75, 3.05) is 0 Å². The Labute approximate surface area is 153 Å². The van der Waals surface area contributed by atoms with Crippen LogP contribution in [-0.2, 0) is 4.79 Å². The Morgan fingerprint density at radius 1 is 0.920 bits per heavy atom. The van der Waals surface area contributed by atoms with Crippen molar-refractivity contribution < 1.29 is 15.0 Å². The molecule has 2 bridgehead atoms. The van der Waals surface area contributed by atoms with E-state index in [0.29, 0.717) is 35.5 Å². The first kappa shape index (κ1) is 19.4. The fourth-order valence-corrected chi connectivity index (χ4v) is 7.22. The number of Topliss-reactive ketones (excluding diaryl/α,β-unsaturated/α-hetero) is 1. The first-order valence-corrected chi connectivity index (χ1v) is 10.4. The minimum absolute atomic E-state index is 0.0764. The van der Waals surface area contributed by atoms with Gasteiger partial charge in [-0.15, -0.1) is 0 Å². The van der Waals surface area contributed by atoms with Crippen LogP contribution in [0.4, 0.5) is 0 Å². The van der Waals surface area contributed by atoms with Crippen LogP contribution < -0.4 is 0 Å². The molecule has 0 aromatic rings. The average Bonchev–Trinajstić information content (AvgIpc) is 2.48. The quantitative estimate of drug-likeness (QED) is 0.689. The lowest BCUT2D eigenvalue weighted by molar-refractivity contribution is -0.313. The minimum Gasteiger partial charge on any atom is -0.365 e. The zero-order chi connectivity index (χ0) is 18.8. The Hall–Kier alpha value is -0.410. The third-order valence-corrected chi connectivity index (χ3v) is 9.11. The fourth-order valence-electron chi connectivity index (χ4n) is 7.22. The molecule has 144 valence electrons. The standard InChI is InChI=1S/C22H38O3/c1-13-7-8-16-12-18-14(2)11-19(15(3)23)22(24,25)21(18,6)10-9-17(13)20(16,4)5/h13-14,16-19,24-25H,7-12H2,1-6H3/t13-,14-,16+,17+,18-,19?,21+/m1/s1. The second-order valence-electron chi connectivity index (χ2n) is 10.6. The van der Waals surface area contributed by atoms with Gasteiger partial charge in [0.2, 0.25) is 0 Å². The van der Waals surface area contributed by atoms with Crippen LogP contribution in [-0.4, -0.2) is 21.8 Å². The van der Waals surface area contributed by atoms with Crippen LogP contribution in [0.25, 0.3) is 0 Å². The van der Waals surface area contributed by atoms with E-state index in [4.69, 9.17) is 0 Å². The monoisotopic (exact) mass is 350 g/mol. The number of hydrogen-bond acceptors (Lipinski definition) is 3. The summed E-state index contributed by atoms with van der Waals surface area (Å²) in [6.45, 7) is 13.1. The first-order chi connectivity index (χ1) is 11.4. The second-order valence-corrected chi connectivity index (χ2v) is 10.6. The van der Waals surface area contributed by atoms with Gasteiger partial charge in [0.25, 0.3) is 0 Å². The van der Waals surface area contributed by atoms with E-state index in [1.54, 1.807) is 0 Å². The summed E-state index contributed by atoms with van der Waals surface area (Å²) in [7, 11) is 0. The predicted octanol–water partition coefficient (Wildman–Crippen LogP) is 4.41. The first-order valence-electron chi connectivity index (χ1n) is 10.4. The maximum absolute atomic E-state index is 12.2. The lowest BCUT2D eigenvalue weighted by atomic mass is 9.46. The van der Waals surface area contributed by atoms with Gasteiger partial charge in [-0.2, -0.15) is 0 Å². The molecule has 0 aromatic carbocycles. The van der Waals surface area contributed by atoms with Gasteiger partial charge in [-0.25, -0.2) is 0 Å². The molecule has 3 aliphatic carbocycles. The summed E-state index contributed by atoms with van der Waals surface area (Å²) in [5.74, 6) is 0.00597. The van der Waals surface area contributed by atoms with Gasteiger partial charge in [-0.1, -0.05) is 41.0 Å². The Kier molecular flexibility index (Phi) is 4.69. The van der Waals surface area contributed by atoms with Gasteiger partial charge in [0.1, 0.15) is 5.78 Å². The van der Waals surface area contributed by atoms with E-state index in [1.165, 1.54) is 19.8 Å². The molecule has 3 nitrogen and oxygen atoms in total. The van der Waals surface area contributed by atoms with Crippen LogP contribution >= 0.6 is 0 Å². The summed E-state index contributed by atoms with van der Waals surface area (Å²) in [6, 6.07) is 0. The molecular formula is C22H38O3. The number of carbonyl (C=O) groups is 1. The van der Waals surface area contributed by atoms with Crippen molar-refractivity contribution in [3.63, 3.8) is 0 Å². The van der Waals surface area contributed by atoms with Gasteiger partial charge >= 0.3 is 0 Å². The molecule has 0 aromatic heterocycles. The summed E-state index contributed by atoms with van der Waals surface area (Å²) in [5.41, 5.74) is -0.269. The van der Waals surface area contributed by atoms with Crippen LogP contribution in [0.3, 0.4) is 0 Å². The molecule has 0 radical (unpaired) electrons. The van der Waals surface area contributed by atoms with Crippen molar-refractivity contribution in [3.8, 4) is 0 Å². The summed E-state index contributed by atoms with van der Waals surface area (Å²) < 4.78 is 0. The van der Waals surface area contributed by atoms with Crippen molar-refractivity contribution >= 4 is 5.78 Å². The Bertz CT molecular complexity index is 537. The summed E-state index contributed by atoms with van der Waals surface area (Å²) in [5, 5.41) is 22.4. The van der Waals surface area contributed by atoms with E-state index < -0.39 is 17.1 Å². The highest BCUT2D eigenvalue weighted by molar-refractivity contribution is 5.79. The number of rotatable bonds is 1. The van der Waals surface area contributed by atoms with Crippen molar-refractivity contribution in [2.45, 2.75) is 85.9 Å². The molecule has 3 saturated carbocycles. The van der Waals surface area contributed by atoms with E-state index in [0.717, 1.165) is 19.3 Å². The Balaban J connectivity index is 2.02. The van der Waals surface area contributed by atoms with Crippen molar-refractivity contribution in [1.29, 1.82) is 0 Å². The molecule has 7 atom stereocenters. The largest absolute Gasteiger partial charge is 0.365 e. The summed E-state index contributed by atoms with van der Waals surface area (Å²) >= 11 is 0. The molecule has 3 aliphatic rings. The van der Waals surface area contributed by atoms with E-state index in [9.17, 15) is 15.0 Å². The molecular weight excluding hydrogens is 312 g/mol. The predicted molar refractivity (Wildman–Crippen MR) is 99.7 cm³/mol. The molecule has 0 amide bonds. The summed E-state index contributed by atoms with van der Waals surface area (Å²) in [4.78, 5) is 12.2. The zero-order valence-corrected chi connectivity index (χ0v) is 17.0. The van der Waals surface area contributed by atoms with Crippen LogP contribution in [0.2, 0.25) is 0 Å². The molecule has 3 heteroatoms. The maximum Gasteiger partial charge on any atom is 0.178 e. The van der Waals surface area contributed by atoms with Crippen LogP contribution in [0.15, 0.2) is 0 Å². The summed E-state index contributed by atoms with van der Waals surface area (Å²) in [6.07, 6.45) is 6.08. The van der Waals surface area contributed by atoms with Gasteiger partial charge < -0.3 is 10.2 Å². The molecule has 25 heavy (non-hydrogen) atoms. The van der Waals surface area contributed by atoms with Crippen molar-refractivity contribution in [1.82, 2.24) is 0 Å². The third kappa shape index (κ3) is 2.72. The molecule has 0 heterocycles. The topological polar surface area (TPSA) is 57.5 Å². The van der Waals surface area contributed by atoms with Crippen LogP contribution in [0.5, 0.6) is 0 Å². The second kappa shape index (κ2) is 6.05. The number of fused-ring (bicyclic) bond motifs is 3. The Morgan fingerprint density at radius 3 is 2.16 bits per heavy atom. The smallest absolute Gasteiger partial charge is 0.178 e. The van der Waals surface area contributed by atoms with Gasteiger partial charge in [0, 0.05) is 5.41 Å². The molecule has 3 fully saturated rings. The third-order valence-electron chi connectivity index (χ3n) is 9.11. The van der Waals surface area contributed by atoms with E-state index in [-0.39, 0.29) is 11.7 Å². The molecule has 0 spiro atoms. The molecule has 0 aliphatic heterocycles. The molecule has 3 rings (SSSR count). The maximum atomic E-state index is 12.2. The fraction of sp³-hybridized carbons (Fsp3) is 0.955. The molecule has 1 unspecified atom stereocenters. The SMILES string of the molecule is CC(=O)C1C[C@@H](C)[C@H]2C[C@@H]3CC[C@@H](C)[C@H](CC[C@]2(C)C1(O)O)C3(C)C. The van der Waals surface area contributed by atoms with Gasteiger partial charge in [-0.05, 0) is 74.0 Å². The van der Waals surface area contributed by atoms with E-state index in [1.807, 2.05) is 0 Å². The number of ketones is 1. The molecule has 0 saturated heterocycles. The number of carbonyl (C=O) groups excluding carboxylic acids is 1. The number of hydrogen-bond donors (Lipinski definition) is 2. The van der Waals surface area contributed by atoms with Gasteiger partial charge in [0.15, 0.2) is 5.79 Å². The lowest BCUT2D eigenvalue weighted by Gasteiger charge is -2.61. The van der Waals surface area contributed by atoms with E-state index in [2.05, 4.69) is 34.6 Å². The van der Waals surface area contributed by atoms with Gasteiger partial charge in [0.05, 0.1) is 5.92 Å². The highest BCUT2D eigenvalue weighted by atomic mass is 16.5. The van der Waals surface area contributed by atoms with Crippen molar-refractivity contribution in [2.24, 2.45) is 46.3 Å². The minimum atomic E-state index is -1.88. The average molecular weight is 351 g/mol. The van der Waals surface area contributed by atoms with E-state index >= 15 is 0 Å². The number of aliphatic hydroxyl groups is 2. The highest BCUT2D eigenvalue weighted by Crippen LogP contribution is 2.63. The molecule has 2 N–H and O–H groups in total. The Morgan fingerprint density at radius 2 is 1.56 bits per heavy atom. The van der Waals surface area contributed by atoms with Crippen molar-refractivity contribution in [3.05, 3.63) is 0 Å². The zero-order valence-electron chi connectivity index (χ0n) is 17.0. The normalized spacial score (nSPS) is 48.8. The lowest BCUT2D eigenvalue weighted by Crippen LogP contribution is -2.64. The van der Waals surface area contributed by atoms with Crippen LogP contribution in [0, 0.1) is 46.3 Å².